The zero-order chi connectivity index (χ0) is 21.3. The van der Waals surface area contributed by atoms with Gasteiger partial charge in [0.15, 0.2) is 5.76 Å². The Kier molecular flexibility index (Phi) is 6.00. The van der Waals surface area contributed by atoms with E-state index < -0.39 is 21.9 Å². The first-order valence-corrected chi connectivity index (χ1v) is 10.7. The number of aromatic nitrogens is 1. The van der Waals surface area contributed by atoms with Gasteiger partial charge in [0, 0.05) is 11.1 Å². The van der Waals surface area contributed by atoms with Crippen LogP contribution in [-0.4, -0.2) is 24.5 Å². The minimum atomic E-state index is -3.85. The molecule has 0 aliphatic heterocycles. The normalized spacial score (nSPS) is 12.7. The molecule has 2 aromatic carbocycles. The van der Waals surface area contributed by atoms with Crippen LogP contribution in [-0.2, 0) is 14.8 Å². The van der Waals surface area contributed by atoms with Crippen molar-refractivity contribution in [2.45, 2.75) is 24.2 Å². The molecular weight excluding hydrogens is 439 g/mol. The number of carbonyl (C=O) groups is 1. The Morgan fingerprint density at radius 1 is 1.14 bits per heavy atom. The quantitative estimate of drug-likeness (QED) is 0.563. The predicted molar refractivity (Wildman–Crippen MR) is 109 cm³/mol. The van der Waals surface area contributed by atoms with E-state index in [0.29, 0.717) is 32.6 Å². The second kappa shape index (κ2) is 8.16. The fraction of sp³-hybridized carbons (Fsp3) is 0.158. The Bertz CT molecular complexity index is 1170. The molecule has 10 heteroatoms. The van der Waals surface area contributed by atoms with Crippen LogP contribution in [0.5, 0.6) is 0 Å². The summed E-state index contributed by atoms with van der Waals surface area (Å²) in [6.45, 7) is 1.71. The Balaban J connectivity index is 2.19. The third-order valence-corrected chi connectivity index (χ3v) is 5.95. The molecule has 29 heavy (non-hydrogen) atoms. The van der Waals surface area contributed by atoms with E-state index in [0.717, 1.165) is 0 Å². The molecule has 0 amide bonds. The zero-order valence-corrected chi connectivity index (χ0v) is 17.4. The molecule has 0 spiro atoms. The van der Waals surface area contributed by atoms with Crippen molar-refractivity contribution in [2.24, 2.45) is 5.14 Å². The summed E-state index contributed by atoms with van der Waals surface area (Å²) in [6.07, 6.45) is 0.278. The summed E-state index contributed by atoms with van der Waals surface area (Å²) in [7, 11) is -3.85. The highest BCUT2D eigenvalue weighted by molar-refractivity contribution is 7.89. The standard InChI is InChI=1S/C19H16Cl2N2O5S/c1-2-13(19(24)25)18-23-16(10-3-6-12(7-4-10)29(22,26)27)17(28-18)11-5-8-14(20)15(21)9-11/h3-9,13H,2H2,1H3,(H,24,25)(H2,22,26,27). The van der Waals surface area contributed by atoms with Gasteiger partial charge in [-0.3, -0.25) is 4.79 Å². The van der Waals surface area contributed by atoms with E-state index in [9.17, 15) is 18.3 Å². The monoisotopic (exact) mass is 454 g/mol. The lowest BCUT2D eigenvalue weighted by molar-refractivity contribution is -0.139. The average molecular weight is 455 g/mol. The second-order valence-electron chi connectivity index (χ2n) is 6.23. The smallest absolute Gasteiger partial charge is 0.315 e. The fourth-order valence-corrected chi connectivity index (χ4v) is 3.59. The number of carboxylic acids is 1. The van der Waals surface area contributed by atoms with E-state index in [1.165, 1.54) is 24.3 Å². The van der Waals surface area contributed by atoms with Gasteiger partial charge in [-0.15, -0.1) is 0 Å². The van der Waals surface area contributed by atoms with Crippen molar-refractivity contribution in [2.75, 3.05) is 0 Å². The minimum Gasteiger partial charge on any atom is -0.481 e. The lowest BCUT2D eigenvalue weighted by atomic mass is 10.1. The lowest BCUT2D eigenvalue weighted by Gasteiger charge is -2.05. The first-order chi connectivity index (χ1) is 13.6. The van der Waals surface area contributed by atoms with Gasteiger partial charge in [0.05, 0.1) is 14.9 Å². The summed E-state index contributed by atoms with van der Waals surface area (Å²) in [5, 5.41) is 15.2. The maximum absolute atomic E-state index is 11.6. The summed E-state index contributed by atoms with van der Waals surface area (Å²) in [5.41, 5.74) is 1.41. The molecule has 0 fully saturated rings. The number of nitrogens with zero attached hydrogens (tertiary/aromatic N) is 1. The molecule has 0 radical (unpaired) electrons. The zero-order valence-electron chi connectivity index (χ0n) is 15.1. The molecule has 0 saturated heterocycles. The molecule has 152 valence electrons. The van der Waals surface area contributed by atoms with Crippen LogP contribution in [0.1, 0.15) is 25.2 Å². The molecular formula is C19H16Cl2N2O5S. The molecule has 0 aliphatic carbocycles. The van der Waals surface area contributed by atoms with Gasteiger partial charge in [0.1, 0.15) is 11.6 Å². The SMILES string of the molecule is CCC(C(=O)O)c1nc(-c2ccc(S(N)(=O)=O)cc2)c(-c2ccc(Cl)c(Cl)c2)o1. The largest absolute Gasteiger partial charge is 0.481 e. The van der Waals surface area contributed by atoms with Gasteiger partial charge in [-0.25, -0.2) is 18.5 Å². The van der Waals surface area contributed by atoms with Gasteiger partial charge in [-0.2, -0.15) is 0 Å². The molecule has 0 bridgehead atoms. The highest BCUT2D eigenvalue weighted by Gasteiger charge is 2.27. The summed E-state index contributed by atoms with van der Waals surface area (Å²) in [5.74, 6) is -1.67. The number of aliphatic carboxylic acids is 1. The molecule has 3 aromatic rings. The molecule has 1 heterocycles. The van der Waals surface area contributed by atoms with Gasteiger partial charge in [-0.1, -0.05) is 42.3 Å². The number of sulfonamides is 1. The van der Waals surface area contributed by atoms with Crippen molar-refractivity contribution in [3.63, 3.8) is 0 Å². The van der Waals surface area contributed by atoms with E-state index in [-0.39, 0.29) is 17.2 Å². The number of carboxylic acid groups (broad SMARTS) is 1. The maximum atomic E-state index is 11.6. The third kappa shape index (κ3) is 4.45. The second-order valence-corrected chi connectivity index (χ2v) is 8.60. The molecule has 3 rings (SSSR count). The van der Waals surface area contributed by atoms with Crippen LogP contribution in [0.25, 0.3) is 22.6 Å². The maximum Gasteiger partial charge on any atom is 0.315 e. The molecule has 3 N–H and O–H groups in total. The Hall–Kier alpha value is -2.39. The van der Waals surface area contributed by atoms with Crippen LogP contribution in [0.15, 0.2) is 51.8 Å². The number of hydrogen-bond donors (Lipinski definition) is 2. The van der Waals surface area contributed by atoms with Crippen LogP contribution >= 0.6 is 23.2 Å². The van der Waals surface area contributed by atoms with Gasteiger partial charge in [0.25, 0.3) is 0 Å². The van der Waals surface area contributed by atoms with Crippen LogP contribution in [0.3, 0.4) is 0 Å². The molecule has 7 nitrogen and oxygen atoms in total. The molecule has 1 unspecified atom stereocenters. The van der Waals surface area contributed by atoms with E-state index in [2.05, 4.69) is 4.98 Å². The van der Waals surface area contributed by atoms with Gasteiger partial charge in [-0.05, 0) is 36.8 Å². The molecule has 1 aromatic heterocycles. The Morgan fingerprint density at radius 2 is 1.76 bits per heavy atom. The molecule has 0 saturated carbocycles. The van der Waals surface area contributed by atoms with Crippen molar-refractivity contribution >= 4 is 39.2 Å². The van der Waals surface area contributed by atoms with Crippen LogP contribution in [0.2, 0.25) is 10.0 Å². The van der Waals surface area contributed by atoms with Crippen molar-refractivity contribution in [3.8, 4) is 22.6 Å². The number of rotatable bonds is 6. The first-order valence-electron chi connectivity index (χ1n) is 8.44. The number of oxazole rings is 1. The first kappa shape index (κ1) is 21.3. The van der Waals surface area contributed by atoms with Crippen molar-refractivity contribution in [1.29, 1.82) is 0 Å². The lowest BCUT2D eigenvalue weighted by Crippen LogP contribution is -2.11. The van der Waals surface area contributed by atoms with E-state index in [1.807, 2.05) is 0 Å². The summed E-state index contributed by atoms with van der Waals surface area (Å²) in [6, 6.07) is 10.6. The fourth-order valence-electron chi connectivity index (χ4n) is 2.77. The summed E-state index contributed by atoms with van der Waals surface area (Å²) in [4.78, 5) is 15.9. The number of halogens is 2. The average Bonchev–Trinajstić information content (AvgIpc) is 3.08. The van der Waals surface area contributed by atoms with Crippen LogP contribution in [0, 0.1) is 0 Å². The summed E-state index contributed by atoms with van der Waals surface area (Å²) < 4.78 is 28.8. The topological polar surface area (TPSA) is 123 Å². The van der Waals surface area contributed by atoms with E-state index >= 15 is 0 Å². The Morgan fingerprint density at radius 3 is 2.28 bits per heavy atom. The van der Waals surface area contributed by atoms with Crippen LogP contribution in [0.4, 0.5) is 0 Å². The van der Waals surface area contributed by atoms with E-state index in [4.69, 9.17) is 32.8 Å². The van der Waals surface area contributed by atoms with Gasteiger partial charge in [0.2, 0.25) is 15.9 Å². The Labute approximate surface area is 177 Å². The third-order valence-electron chi connectivity index (χ3n) is 4.29. The molecule has 1 atom stereocenters. The highest BCUT2D eigenvalue weighted by atomic mass is 35.5. The highest BCUT2D eigenvalue weighted by Crippen LogP contribution is 2.38. The number of nitrogens with two attached hydrogens (primary N) is 1. The van der Waals surface area contributed by atoms with Gasteiger partial charge < -0.3 is 9.52 Å². The predicted octanol–water partition coefficient (Wildman–Crippen LogP) is 4.54. The van der Waals surface area contributed by atoms with Crippen molar-refractivity contribution in [3.05, 3.63) is 58.4 Å². The van der Waals surface area contributed by atoms with Crippen LogP contribution < -0.4 is 5.14 Å². The summed E-state index contributed by atoms with van der Waals surface area (Å²) >= 11 is 12.1. The number of primary sulfonamides is 1. The molecule has 0 aliphatic rings. The van der Waals surface area contributed by atoms with E-state index in [1.54, 1.807) is 25.1 Å². The number of hydrogen-bond acceptors (Lipinski definition) is 5. The van der Waals surface area contributed by atoms with Gasteiger partial charge >= 0.3 is 5.97 Å². The minimum absolute atomic E-state index is 0.0339. The number of benzene rings is 2. The van der Waals surface area contributed by atoms with Crippen molar-refractivity contribution in [1.82, 2.24) is 4.98 Å². The van der Waals surface area contributed by atoms with Crippen molar-refractivity contribution < 1.29 is 22.7 Å².